The Morgan fingerprint density at radius 1 is 1.25 bits per heavy atom. The average Bonchev–Trinajstić information content (AvgIpc) is 2.30. The monoisotopic (exact) mass is 265 g/mol. The summed E-state index contributed by atoms with van der Waals surface area (Å²) in [6.45, 7) is 3.93. The first kappa shape index (κ1) is 14.1. The standard InChI is InChI=1S/C12H21Cl2NO/c1-11(6-4-3-5-7-11)10(16)15-12(2,8-13)9-14/h3-9H2,1-2H3,(H,15,16). The Hall–Kier alpha value is 0.0500. The molecule has 0 atom stereocenters. The van der Waals surface area contributed by atoms with Crippen LogP contribution in [0.25, 0.3) is 0 Å². The highest BCUT2D eigenvalue weighted by Crippen LogP contribution is 2.36. The fraction of sp³-hybridized carbons (Fsp3) is 0.917. The molecule has 1 fully saturated rings. The molecule has 1 aliphatic rings. The van der Waals surface area contributed by atoms with Gasteiger partial charge in [0.25, 0.3) is 0 Å². The molecule has 0 spiro atoms. The average molecular weight is 266 g/mol. The third-order valence-electron chi connectivity index (χ3n) is 3.51. The summed E-state index contributed by atoms with van der Waals surface area (Å²) >= 11 is 11.7. The smallest absolute Gasteiger partial charge is 0.226 e. The van der Waals surface area contributed by atoms with E-state index in [0.717, 1.165) is 25.7 Å². The predicted octanol–water partition coefficient (Wildman–Crippen LogP) is 3.31. The zero-order valence-corrected chi connectivity index (χ0v) is 11.6. The third kappa shape index (κ3) is 3.27. The molecule has 1 amide bonds. The molecule has 16 heavy (non-hydrogen) atoms. The second-order valence-electron chi connectivity index (χ2n) is 5.40. The molecule has 1 saturated carbocycles. The van der Waals surface area contributed by atoms with Crippen LogP contribution in [0.1, 0.15) is 46.0 Å². The maximum Gasteiger partial charge on any atom is 0.226 e. The lowest BCUT2D eigenvalue weighted by Gasteiger charge is -2.36. The second kappa shape index (κ2) is 5.59. The topological polar surface area (TPSA) is 29.1 Å². The van der Waals surface area contributed by atoms with E-state index in [4.69, 9.17) is 23.2 Å². The van der Waals surface area contributed by atoms with Gasteiger partial charge < -0.3 is 5.32 Å². The van der Waals surface area contributed by atoms with Crippen LogP contribution in [0.15, 0.2) is 0 Å². The maximum atomic E-state index is 12.2. The minimum absolute atomic E-state index is 0.107. The Bertz CT molecular complexity index is 245. The van der Waals surface area contributed by atoms with Crippen LogP contribution in [0.4, 0.5) is 0 Å². The van der Waals surface area contributed by atoms with E-state index in [1.165, 1.54) is 6.42 Å². The van der Waals surface area contributed by atoms with Gasteiger partial charge in [0.1, 0.15) is 0 Å². The first-order valence-electron chi connectivity index (χ1n) is 5.90. The molecule has 4 heteroatoms. The molecule has 0 heterocycles. The molecule has 0 aromatic heterocycles. The second-order valence-corrected chi connectivity index (χ2v) is 5.94. The fourth-order valence-corrected chi connectivity index (χ4v) is 2.51. The lowest BCUT2D eigenvalue weighted by Crippen LogP contribution is -2.54. The van der Waals surface area contributed by atoms with E-state index in [1.807, 2.05) is 13.8 Å². The SMILES string of the molecule is CC(CCl)(CCl)NC(=O)C1(C)CCCCC1. The van der Waals surface area contributed by atoms with Crippen LogP contribution in [0.5, 0.6) is 0 Å². The largest absolute Gasteiger partial charge is 0.348 e. The molecule has 0 unspecified atom stereocenters. The fourth-order valence-electron chi connectivity index (χ4n) is 2.09. The number of halogens is 2. The first-order valence-corrected chi connectivity index (χ1v) is 6.97. The minimum Gasteiger partial charge on any atom is -0.348 e. The van der Waals surface area contributed by atoms with Gasteiger partial charge in [0.2, 0.25) is 5.91 Å². The number of nitrogens with one attached hydrogen (secondary N) is 1. The Labute approximate surface area is 108 Å². The molecule has 0 aromatic carbocycles. The molecule has 0 saturated heterocycles. The van der Waals surface area contributed by atoms with Crippen molar-refractivity contribution in [2.75, 3.05) is 11.8 Å². The molecule has 0 radical (unpaired) electrons. The normalized spacial score (nSPS) is 20.5. The van der Waals surface area contributed by atoms with Crippen molar-refractivity contribution in [3.05, 3.63) is 0 Å². The summed E-state index contributed by atoms with van der Waals surface area (Å²) < 4.78 is 0. The zero-order chi connectivity index (χ0) is 12.2. The van der Waals surface area contributed by atoms with Crippen LogP contribution in [0, 0.1) is 5.41 Å². The van der Waals surface area contributed by atoms with Crippen molar-refractivity contribution in [3.63, 3.8) is 0 Å². The van der Waals surface area contributed by atoms with Gasteiger partial charge in [-0.05, 0) is 19.8 Å². The maximum absolute atomic E-state index is 12.2. The van der Waals surface area contributed by atoms with Gasteiger partial charge in [0, 0.05) is 17.2 Å². The number of rotatable bonds is 4. The van der Waals surface area contributed by atoms with Gasteiger partial charge in [-0.2, -0.15) is 0 Å². The molecule has 0 bridgehead atoms. The summed E-state index contributed by atoms with van der Waals surface area (Å²) in [6.07, 6.45) is 5.47. The van der Waals surface area contributed by atoms with Gasteiger partial charge in [-0.1, -0.05) is 26.2 Å². The van der Waals surface area contributed by atoms with Gasteiger partial charge in [0.05, 0.1) is 5.54 Å². The van der Waals surface area contributed by atoms with Crippen LogP contribution >= 0.6 is 23.2 Å². The van der Waals surface area contributed by atoms with Gasteiger partial charge >= 0.3 is 0 Å². The summed E-state index contributed by atoms with van der Waals surface area (Å²) in [6, 6.07) is 0. The van der Waals surface area contributed by atoms with Crippen molar-refractivity contribution in [3.8, 4) is 0 Å². The molecule has 0 aromatic rings. The number of carbonyl (C=O) groups excluding carboxylic acids is 1. The Morgan fingerprint density at radius 2 is 1.75 bits per heavy atom. The van der Waals surface area contributed by atoms with Gasteiger partial charge in [0.15, 0.2) is 0 Å². The molecular weight excluding hydrogens is 245 g/mol. The van der Waals surface area contributed by atoms with Crippen molar-refractivity contribution < 1.29 is 4.79 Å². The summed E-state index contributed by atoms with van der Waals surface area (Å²) in [4.78, 5) is 12.2. The van der Waals surface area contributed by atoms with Crippen molar-refractivity contribution in [2.45, 2.75) is 51.5 Å². The van der Waals surface area contributed by atoms with E-state index in [9.17, 15) is 4.79 Å². The van der Waals surface area contributed by atoms with Crippen LogP contribution in [-0.2, 0) is 4.79 Å². The predicted molar refractivity (Wildman–Crippen MR) is 69.2 cm³/mol. The zero-order valence-electron chi connectivity index (χ0n) is 10.1. The van der Waals surface area contributed by atoms with E-state index in [-0.39, 0.29) is 11.3 Å². The minimum atomic E-state index is -0.485. The molecule has 1 aliphatic carbocycles. The van der Waals surface area contributed by atoms with Gasteiger partial charge in [-0.3, -0.25) is 4.79 Å². The third-order valence-corrected chi connectivity index (χ3v) is 4.69. The number of hydrogen-bond donors (Lipinski definition) is 1. The van der Waals surface area contributed by atoms with E-state index < -0.39 is 5.54 Å². The number of alkyl halides is 2. The molecule has 2 nitrogen and oxygen atoms in total. The van der Waals surface area contributed by atoms with Crippen LogP contribution in [-0.4, -0.2) is 23.2 Å². The van der Waals surface area contributed by atoms with Crippen LogP contribution < -0.4 is 5.32 Å². The van der Waals surface area contributed by atoms with E-state index >= 15 is 0 Å². The molecular formula is C12H21Cl2NO. The molecule has 94 valence electrons. The molecule has 0 aliphatic heterocycles. The van der Waals surface area contributed by atoms with Crippen LogP contribution in [0.3, 0.4) is 0 Å². The molecule has 1 N–H and O–H groups in total. The van der Waals surface area contributed by atoms with Crippen LogP contribution in [0.2, 0.25) is 0 Å². The number of amides is 1. The van der Waals surface area contributed by atoms with Crippen molar-refractivity contribution in [1.29, 1.82) is 0 Å². The highest BCUT2D eigenvalue weighted by Gasteiger charge is 2.37. The first-order chi connectivity index (χ1) is 7.46. The highest BCUT2D eigenvalue weighted by molar-refractivity contribution is 6.22. The number of hydrogen-bond acceptors (Lipinski definition) is 1. The van der Waals surface area contributed by atoms with Crippen molar-refractivity contribution >= 4 is 29.1 Å². The summed E-state index contributed by atoms with van der Waals surface area (Å²) in [5.41, 5.74) is -0.710. The lowest BCUT2D eigenvalue weighted by atomic mass is 9.74. The van der Waals surface area contributed by atoms with Crippen molar-refractivity contribution in [2.24, 2.45) is 5.41 Å². The Kier molecular flexibility index (Phi) is 4.93. The Balaban J connectivity index is 2.63. The Morgan fingerprint density at radius 3 is 2.19 bits per heavy atom. The van der Waals surface area contributed by atoms with Crippen molar-refractivity contribution in [1.82, 2.24) is 5.32 Å². The summed E-state index contributed by atoms with van der Waals surface area (Å²) in [5, 5.41) is 3.00. The van der Waals surface area contributed by atoms with Gasteiger partial charge in [-0.25, -0.2) is 0 Å². The summed E-state index contributed by atoms with van der Waals surface area (Å²) in [5.74, 6) is 0.799. The number of carbonyl (C=O) groups is 1. The van der Waals surface area contributed by atoms with Gasteiger partial charge in [-0.15, -0.1) is 23.2 Å². The summed E-state index contributed by atoms with van der Waals surface area (Å²) in [7, 11) is 0. The van der Waals surface area contributed by atoms with E-state index in [2.05, 4.69) is 5.32 Å². The van der Waals surface area contributed by atoms with E-state index in [1.54, 1.807) is 0 Å². The quantitative estimate of drug-likeness (QED) is 0.777. The van der Waals surface area contributed by atoms with E-state index in [0.29, 0.717) is 11.8 Å². The molecule has 1 rings (SSSR count). The lowest BCUT2D eigenvalue weighted by molar-refractivity contribution is -0.133. The highest BCUT2D eigenvalue weighted by atomic mass is 35.5.